The Morgan fingerprint density at radius 1 is 1.50 bits per heavy atom. The van der Waals surface area contributed by atoms with Crippen molar-refractivity contribution in [2.45, 2.75) is 40.2 Å². The van der Waals surface area contributed by atoms with Crippen LogP contribution in [0.15, 0.2) is 4.47 Å². The number of nitrogens with zero attached hydrogens (tertiary/aromatic N) is 2. The fourth-order valence-electron chi connectivity index (χ4n) is 1.50. The predicted octanol–water partition coefficient (Wildman–Crippen LogP) is 2.61. The summed E-state index contributed by atoms with van der Waals surface area (Å²) in [5, 5.41) is 4.37. The molecular weight excluding hydrogens is 272 g/mol. The lowest BCUT2D eigenvalue weighted by atomic mass is 10.3. The van der Waals surface area contributed by atoms with E-state index in [-0.39, 0.29) is 5.97 Å². The quantitative estimate of drug-likeness (QED) is 0.783. The molecule has 0 unspecified atom stereocenters. The summed E-state index contributed by atoms with van der Waals surface area (Å²) in [6.07, 6.45) is 1.21. The van der Waals surface area contributed by atoms with Crippen LogP contribution in [0.2, 0.25) is 0 Å². The third-order valence-corrected chi connectivity index (χ3v) is 3.50. The number of halogens is 1. The van der Waals surface area contributed by atoms with Crippen LogP contribution < -0.4 is 0 Å². The van der Waals surface area contributed by atoms with E-state index in [2.05, 4.69) is 21.0 Å². The van der Waals surface area contributed by atoms with Crippen LogP contribution in [-0.2, 0) is 16.1 Å². The standard InChI is InChI=1S/C11H17BrN2O2/c1-4-16-10(15)6-5-7-14-9(3)11(12)8(2)13-14/h4-7H2,1-3H3. The average Bonchev–Trinajstić information content (AvgIpc) is 2.47. The Morgan fingerprint density at radius 2 is 2.19 bits per heavy atom. The van der Waals surface area contributed by atoms with Gasteiger partial charge in [0, 0.05) is 18.7 Å². The maximum atomic E-state index is 11.1. The zero-order valence-electron chi connectivity index (χ0n) is 9.92. The second kappa shape index (κ2) is 6.03. The second-order valence-electron chi connectivity index (χ2n) is 3.62. The van der Waals surface area contributed by atoms with Crippen molar-refractivity contribution in [3.05, 3.63) is 15.9 Å². The molecule has 0 saturated heterocycles. The molecular formula is C11H17BrN2O2. The molecule has 0 spiro atoms. The van der Waals surface area contributed by atoms with Crippen LogP contribution in [0.4, 0.5) is 0 Å². The fourth-order valence-corrected chi connectivity index (χ4v) is 1.78. The van der Waals surface area contributed by atoms with Gasteiger partial charge in [-0.1, -0.05) is 0 Å². The van der Waals surface area contributed by atoms with Crippen molar-refractivity contribution < 1.29 is 9.53 Å². The van der Waals surface area contributed by atoms with Crippen molar-refractivity contribution >= 4 is 21.9 Å². The Kier molecular flexibility index (Phi) is 4.99. The van der Waals surface area contributed by atoms with Gasteiger partial charge in [0.05, 0.1) is 16.8 Å². The third-order valence-electron chi connectivity index (χ3n) is 2.35. The minimum atomic E-state index is -0.136. The van der Waals surface area contributed by atoms with Crippen molar-refractivity contribution in [2.75, 3.05) is 6.61 Å². The molecule has 1 aromatic heterocycles. The van der Waals surface area contributed by atoms with Crippen LogP contribution in [0.3, 0.4) is 0 Å². The summed E-state index contributed by atoms with van der Waals surface area (Å²) in [6, 6.07) is 0. The van der Waals surface area contributed by atoms with E-state index in [0.29, 0.717) is 13.0 Å². The molecule has 0 atom stereocenters. The highest BCUT2D eigenvalue weighted by atomic mass is 79.9. The summed E-state index contributed by atoms with van der Waals surface area (Å²) in [7, 11) is 0. The molecule has 16 heavy (non-hydrogen) atoms. The van der Waals surface area contributed by atoms with Crippen molar-refractivity contribution in [1.29, 1.82) is 0 Å². The number of hydrogen-bond donors (Lipinski definition) is 0. The van der Waals surface area contributed by atoms with Gasteiger partial charge in [-0.2, -0.15) is 5.10 Å². The molecule has 0 aliphatic heterocycles. The summed E-state index contributed by atoms with van der Waals surface area (Å²) >= 11 is 3.47. The van der Waals surface area contributed by atoms with Gasteiger partial charge in [-0.05, 0) is 43.1 Å². The Balaban J connectivity index is 2.43. The number of ether oxygens (including phenoxy) is 1. The van der Waals surface area contributed by atoms with Crippen LogP contribution in [0, 0.1) is 13.8 Å². The van der Waals surface area contributed by atoms with Gasteiger partial charge < -0.3 is 4.74 Å². The molecule has 0 saturated carbocycles. The third kappa shape index (κ3) is 3.33. The summed E-state index contributed by atoms with van der Waals surface area (Å²) in [5.41, 5.74) is 2.08. The number of aromatic nitrogens is 2. The topological polar surface area (TPSA) is 44.1 Å². The van der Waals surface area contributed by atoms with Gasteiger partial charge in [0.1, 0.15) is 0 Å². The first kappa shape index (κ1) is 13.2. The number of rotatable bonds is 5. The van der Waals surface area contributed by atoms with E-state index in [1.54, 1.807) is 0 Å². The van der Waals surface area contributed by atoms with Gasteiger partial charge in [-0.25, -0.2) is 0 Å². The van der Waals surface area contributed by atoms with Crippen LogP contribution >= 0.6 is 15.9 Å². The van der Waals surface area contributed by atoms with E-state index >= 15 is 0 Å². The molecule has 1 rings (SSSR count). The molecule has 1 heterocycles. The minimum Gasteiger partial charge on any atom is -0.466 e. The van der Waals surface area contributed by atoms with E-state index < -0.39 is 0 Å². The molecule has 0 amide bonds. The first-order chi connectivity index (χ1) is 7.56. The highest BCUT2D eigenvalue weighted by Gasteiger charge is 2.09. The molecule has 4 nitrogen and oxygen atoms in total. The van der Waals surface area contributed by atoms with Gasteiger partial charge in [-0.15, -0.1) is 0 Å². The summed E-state index contributed by atoms with van der Waals surface area (Å²) in [4.78, 5) is 11.1. The van der Waals surface area contributed by atoms with Gasteiger partial charge in [0.2, 0.25) is 0 Å². The van der Waals surface area contributed by atoms with E-state index in [1.165, 1.54) is 0 Å². The van der Waals surface area contributed by atoms with Gasteiger partial charge >= 0.3 is 5.97 Å². The smallest absolute Gasteiger partial charge is 0.305 e. The molecule has 0 aliphatic rings. The van der Waals surface area contributed by atoms with Crippen molar-refractivity contribution in [3.63, 3.8) is 0 Å². The van der Waals surface area contributed by atoms with E-state index in [1.807, 2.05) is 25.5 Å². The summed E-state index contributed by atoms with van der Waals surface area (Å²) in [5.74, 6) is -0.136. The van der Waals surface area contributed by atoms with Crippen LogP contribution in [0.5, 0.6) is 0 Å². The van der Waals surface area contributed by atoms with Gasteiger partial charge in [0.25, 0.3) is 0 Å². The molecule has 0 fully saturated rings. The average molecular weight is 289 g/mol. The molecule has 0 aromatic carbocycles. The van der Waals surface area contributed by atoms with Crippen LogP contribution in [0.25, 0.3) is 0 Å². The molecule has 1 aromatic rings. The molecule has 5 heteroatoms. The number of carbonyl (C=O) groups excluding carboxylic acids is 1. The maximum absolute atomic E-state index is 11.1. The Labute approximate surface area is 104 Å². The highest BCUT2D eigenvalue weighted by Crippen LogP contribution is 2.19. The first-order valence-corrected chi connectivity index (χ1v) is 6.20. The lowest BCUT2D eigenvalue weighted by molar-refractivity contribution is -0.143. The maximum Gasteiger partial charge on any atom is 0.305 e. The number of hydrogen-bond acceptors (Lipinski definition) is 3. The van der Waals surface area contributed by atoms with E-state index in [0.717, 1.165) is 28.8 Å². The monoisotopic (exact) mass is 288 g/mol. The largest absolute Gasteiger partial charge is 0.466 e. The molecule has 0 bridgehead atoms. The molecule has 0 radical (unpaired) electrons. The first-order valence-electron chi connectivity index (χ1n) is 5.41. The summed E-state index contributed by atoms with van der Waals surface area (Å²) < 4.78 is 7.82. The van der Waals surface area contributed by atoms with E-state index in [4.69, 9.17) is 4.74 Å². The Bertz CT molecular complexity index is 374. The highest BCUT2D eigenvalue weighted by molar-refractivity contribution is 9.10. The normalized spacial score (nSPS) is 10.5. The van der Waals surface area contributed by atoms with Crippen molar-refractivity contribution in [2.24, 2.45) is 0 Å². The van der Waals surface area contributed by atoms with Gasteiger partial charge in [0.15, 0.2) is 0 Å². The van der Waals surface area contributed by atoms with Crippen molar-refractivity contribution in [3.8, 4) is 0 Å². The molecule has 90 valence electrons. The lowest BCUT2D eigenvalue weighted by Gasteiger charge is -2.04. The summed E-state index contributed by atoms with van der Waals surface area (Å²) in [6.45, 7) is 6.98. The fraction of sp³-hybridized carbons (Fsp3) is 0.636. The lowest BCUT2D eigenvalue weighted by Crippen LogP contribution is -2.08. The molecule has 0 aliphatic carbocycles. The molecule has 0 N–H and O–H groups in total. The Hall–Kier alpha value is -0.840. The van der Waals surface area contributed by atoms with Crippen LogP contribution in [0.1, 0.15) is 31.2 Å². The van der Waals surface area contributed by atoms with Crippen molar-refractivity contribution in [1.82, 2.24) is 9.78 Å². The SMILES string of the molecule is CCOC(=O)CCCn1nc(C)c(Br)c1C. The minimum absolute atomic E-state index is 0.136. The zero-order valence-corrected chi connectivity index (χ0v) is 11.5. The van der Waals surface area contributed by atoms with E-state index in [9.17, 15) is 4.79 Å². The zero-order chi connectivity index (χ0) is 12.1. The number of carbonyl (C=O) groups is 1. The number of aryl methyl sites for hydroxylation is 2. The number of esters is 1. The second-order valence-corrected chi connectivity index (χ2v) is 4.41. The van der Waals surface area contributed by atoms with Crippen LogP contribution in [-0.4, -0.2) is 22.4 Å². The predicted molar refractivity (Wildman–Crippen MR) is 65.3 cm³/mol. The Morgan fingerprint density at radius 3 is 2.69 bits per heavy atom. The van der Waals surface area contributed by atoms with Gasteiger partial charge in [-0.3, -0.25) is 9.48 Å².